The van der Waals surface area contributed by atoms with Gasteiger partial charge >= 0.3 is 0 Å². The van der Waals surface area contributed by atoms with Gasteiger partial charge < -0.3 is 4.90 Å². The second-order valence-corrected chi connectivity index (χ2v) is 11.5. The van der Waals surface area contributed by atoms with Gasteiger partial charge in [0.1, 0.15) is 6.54 Å². The Labute approximate surface area is 213 Å². The maximum atomic E-state index is 13.6. The molecule has 1 saturated heterocycles. The number of carbonyl (C=O) groups excluding carboxylic acids is 1. The first-order valence-corrected chi connectivity index (χ1v) is 13.7. The summed E-state index contributed by atoms with van der Waals surface area (Å²) in [6.07, 6.45) is 2.82. The molecule has 1 heterocycles. The Morgan fingerprint density at radius 1 is 0.943 bits per heavy atom. The van der Waals surface area contributed by atoms with E-state index in [-0.39, 0.29) is 17.3 Å². The number of sulfonamides is 1. The molecule has 1 aliphatic heterocycles. The number of piperidine rings is 1. The average molecular weight is 511 g/mol. The highest BCUT2D eigenvalue weighted by Gasteiger charge is 2.31. The third kappa shape index (κ3) is 6.06. The molecule has 1 amide bonds. The van der Waals surface area contributed by atoms with Crippen LogP contribution in [0.15, 0.2) is 77.7 Å². The van der Waals surface area contributed by atoms with Crippen molar-refractivity contribution >= 4 is 33.2 Å². The molecule has 0 radical (unpaired) electrons. The van der Waals surface area contributed by atoms with Crippen molar-refractivity contribution in [3.63, 3.8) is 0 Å². The fraction of sp³-hybridized carbons (Fsp3) is 0.321. The van der Waals surface area contributed by atoms with Crippen molar-refractivity contribution in [1.29, 1.82) is 0 Å². The van der Waals surface area contributed by atoms with Crippen molar-refractivity contribution < 1.29 is 13.2 Å². The molecule has 1 aliphatic rings. The number of carbonyl (C=O) groups is 1. The lowest BCUT2D eigenvalue weighted by atomic mass is 9.90. The maximum absolute atomic E-state index is 13.6. The minimum Gasteiger partial charge on any atom is -0.341 e. The van der Waals surface area contributed by atoms with Gasteiger partial charge in [-0.15, -0.1) is 0 Å². The van der Waals surface area contributed by atoms with Crippen molar-refractivity contribution in [2.75, 3.05) is 23.9 Å². The topological polar surface area (TPSA) is 57.7 Å². The average Bonchev–Trinajstić information content (AvgIpc) is 2.85. The molecule has 0 aromatic heterocycles. The first-order chi connectivity index (χ1) is 16.7. The summed E-state index contributed by atoms with van der Waals surface area (Å²) < 4.78 is 28.5. The molecule has 0 spiro atoms. The van der Waals surface area contributed by atoms with Crippen LogP contribution in [-0.2, 0) is 21.2 Å². The highest BCUT2D eigenvalue weighted by atomic mass is 35.5. The minimum atomic E-state index is -3.96. The van der Waals surface area contributed by atoms with Gasteiger partial charge in [0.2, 0.25) is 5.91 Å². The van der Waals surface area contributed by atoms with Gasteiger partial charge in [-0.2, -0.15) is 0 Å². The summed E-state index contributed by atoms with van der Waals surface area (Å²) in [6, 6.07) is 21.9. The normalized spacial score (nSPS) is 14.7. The van der Waals surface area contributed by atoms with Gasteiger partial charge in [0, 0.05) is 18.1 Å². The van der Waals surface area contributed by atoms with E-state index in [4.69, 9.17) is 11.6 Å². The summed E-state index contributed by atoms with van der Waals surface area (Å²) in [5, 5.41) is 0.455. The molecule has 184 valence electrons. The quantitative estimate of drug-likeness (QED) is 0.413. The number of benzene rings is 3. The number of rotatable bonds is 7. The van der Waals surface area contributed by atoms with Gasteiger partial charge in [0.25, 0.3) is 10.0 Å². The highest BCUT2D eigenvalue weighted by molar-refractivity contribution is 7.92. The molecule has 0 bridgehead atoms. The molecule has 4 rings (SSSR count). The maximum Gasteiger partial charge on any atom is 0.264 e. The zero-order valence-electron chi connectivity index (χ0n) is 20.2. The summed E-state index contributed by atoms with van der Waals surface area (Å²) in [6.45, 7) is 4.94. The molecule has 7 heteroatoms. The molecule has 3 aromatic rings. The molecule has 1 fully saturated rings. The zero-order valence-corrected chi connectivity index (χ0v) is 21.7. The van der Waals surface area contributed by atoms with E-state index >= 15 is 0 Å². The lowest BCUT2D eigenvalue weighted by Gasteiger charge is -2.34. The number of halogens is 1. The molecule has 0 unspecified atom stereocenters. The van der Waals surface area contributed by atoms with Crippen LogP contribution in [-0.4, -0.2) is 38.9 Å². The zero-order chi connectivity index (χ0) is 25.0. The number of hydrogen-bond donors (Lipinski definition) is 0. The van der Waals surface area contributed by atoms with Crippen LogP contribution >= 0.6 is 11.6 Å². The van der Waals surface area contributed by atoms with E-state index in [9.17, 15) is 13.2 Å². The summed E-state index contributed by atoms with van der Waals surface area (Å²) in [4.78, 5) is 15.2. The Bertz CT molecular complexity index is 1270. The summed E-state index contributed by atoms with van der Waals surface area (Å²) in [5.41, 5.74) is 3.82. The van der Waals surface area contributed by atoms with Crippen molar-refractivity contribution in [3.8, 4) is 0 Å². The molecular weight excluding hydrogens is 480 g/mol. The summed E-state index contributed by atoms with van der Waals surface area (Å²) >= 11 is 5.98. The van der Waals surface area contributed by atoms with Crippen molar-refractivity contribution in [2.24, 2.45) is 5.92 Å². The van der Waals surface area contributed by atoms with Crippen LogP contribution in [0.4, 0.5) is 5.69 Å². The fourth-order valence-electron chi connectivity index (χ4n) is 4.49. The molecule has 0 saturated carbocycles. The Balaban J connectivity index is 1.51. The fourth-order valence-corrected chi connectivity index (χ4v) is 6.02. The predicted octanol–water partition coefficient (Wildman–Crippen LogP) is 5.63. The van der Waals surface area contributed by atoms with E-state index in [1.54, 1.807) is 23.1 Å². The lowest BCUT2D eigenvalue weighted by molar-refractivity contribution is -0.130. The van der Waals surface area contributed by atoms with Gasteiger partial charge in [-0.3, -0.25) is 9.10 Å². The van der Waals surface area contributed by atoms with E-state index in [1.165, 1.54) is 22.0 Å². The van der Waals surface area contributed by atoms with E-state index < -0.39 is 10.0 Å². The molecule has 3 aromatic carbocycles. The van der Waals surface area contributed by atoms with Gasteiger partial charge in [-0.05, 0) is 92.1 Å². The molecule has 0 aliphatic carbocycles. The van der Waals surface area contributed by atoms with E-state index in [0.717, 1.165) is 30.4 Å². The predicted molar refractivity (Wildman–Crippen MR) is 141 cm³/mol. The number of likely N-dealkylation sites (tertiary alicyclic amines) is 1. The lowest BCUT2D eigenvalue weighted by Crippen LogP contribution is -2.46. The van der Waals surface area contributed by atoms with Crippen molar-refractivity contribution in [2.45, 2.75) is 38.0 Å². The largest absolute Gasteiger partial charge is 0.341 e. The van der Waals surface area contributed by atoms with Crippen molar-refractivity contribution in [3.05, 3.63) is 94.5 Å². The summed E-state index contributed by atoms with van der Waals surface area (Å²) in [5.74, 6) is 0.342. The first-order valence-electron chi connectivity index (χ1n) is 11.9. The number of hydrogen-bond acceptors (Lipinski definition) is 3. The van der Waals surface area contributed by atoms with Crippen LogP contribution < -0.4 is 4.31 Å². The number of amides is 1. The third-order valence-corrected chi connectivity index (χ3v) is 8.83. The van der Waals surface area contributed by atoms with Crippen LogP contribution in [0.25, 0.3) is 0 Å². The SMILES string of the molecule is Cc1ccc(N(CC(=O)N2CCC(Cc3ccccc3)CC2)S(=O)(=O)c2ccc(Cl)cc2)cc1C. The Hall–Kier alpha value is -2.83. The van der Waals surface area contributed by atoms with Gasteiger partial charge in [-0.25, -0.2) is 8.42 Å². The Morgan fingerprint density at radius 2 is 1.60 bits per heavy atom. The van der Waals surface area contributed by atoms with E-state index in [2.05, 4.69) is 24.3 Å². The number of anilines is 1. The highest BCUT2D eigenvalue weighted by Crippen LogP contribution is 2.28. The van der Waals surface area contributed by atoms with Crippen molar-refractivity contribution in [1.82, 2.24) is 4.90 Å². The van der Waals surface area contributed by atoms with Gasteiger partial charge in [0.05, 0.1) is 10.6 Å². The monoisotopic (exact) mass is 510 g/mol. The molecule has 35 heavy (non-hydrogen) atoms. The molecule has 0 atom stereocenters. The molecule has 5 nitrogen and oxygen atoms in total. The van der Waals surface area contributed by atoms with Crippen LogP contribution in [0.3, 0.4) is 0 Å². The standard InChI is InChI=1S/C28H31ClN2O3S/c1-21-8-11-26(18-22(21)2)31(35(33,34)27-12-9-25(29)10-13-27)20-28(32)30-16-14-24(15-17-30)19-23-6-4-3-5-7-23/h3-13,18,24H,14-17,19-20H2,1-2H3. The smallest absolute Gasteiger partial charge is 0.264 e. The minimum absolute atomic E-state index is 0.106. The van der Waals surface area contributed by atoms with Gasteiger partial charge in [-0.1, -0.05) is 48.0 Å². The van der Waals surface area contributed by atoms with Crippen LogP contribution in [0, 0.1) is 19.8 Å². The van der Waals surface area contributed by atoms with Crippen LogP contribution in [0.2, 0.25) is 5.02 Å². The van der Waals surface area contributed by atoms with Crippen LogP contribution in [0.5, 0.6) is 0 Å². The third-order valence-electron chi connectivity index (χ3n) is 6.79. The molecular formula is C28H31ClN2O3S. The second kappa shape index (κ2) is 10.8. The Kier molecular flexibility index (Phi) is 7.82. The van der Waals surface area contributed by atoms with Crippen LogP contribution in [0.1, 0.15) is 29.5 Å². The van der Waals surface area contributed by atoms with E-state index in [0.29, 0.717) is 29.7 Å². The van der Waals surface area contributed by atoms with Gasteiger partial charge in [0.15, 0.2) is 0 Å². The molecule has 0 N–H and O–H groups in total. The first kappa shape index (κ1) is 25.3. The second-order valence-electron chi connectivity index (χ2n) is 9.25. The summed E-state index contributed by atoms with van der Waals surface area (Å²) in [7, 11) is -3.96. The number of nitrogens with zero attached hydrogens (tertiary/aromatic N) is 2. The van der Waals surface area contributed by atoms with E-state index in [1.807, 2.05) is 32.0 Å². The Morgan fingerprint density at radius 3 is 2.23 bits per heavy atom. The number of aryl methyl sites for hydroxylation is 2.